The summed E-state index contributed by atoms with van der Waals surface area (Å²) in [5.74, 6) is 0.272. The van der Waals surface area contributed by atoms with Crippen LogP contribution in [0.4, 0.5) is 0 Å². The Morgan fingerprint density at radius 2 is 1.94 bits per heavy atom. The van der Waals surface area contributed by atoms with Gasteiger partial charge in [0.1, 0.15) is 0 Å². The summed E-state index contributed by atoms with van der Waals surface area (Å²) in [6, 6.07) is 0. The van der Waals surface area contributed by atoms with Gasteiger partial charge in [-0.05, 0) is 7.05 Å². The zero-order chi connectivity index (χ0) is 11.5. The molecule has 1 unspecified atom stereocenters. The number of piperazine rings is 1. The average molecular weight is 243 g/mol. The maximum atomic E-state index is 11.6. The van der Waals surface area contributed by atoms with Crippen molar-refractivity contribution >= 4 is 18.5 Å². The van der Waals surface area contributed by atoms with Gasteiger partial charge in [0.2, 0.25) is 5.91 Å². The van der Waals surface area contributed by atoms with Crippen molar-refractivity contribution in [1.82, 2.24) is 14.7 Å². The van der Waals surface area contributed by atoms with Gasteiger partial charge in [-0.15, -0.1) is 0 Å². The molecule has 0 aliphatic carbocycles. The van der Waals surface area contributed by atoms with E-state index in [2.05, 4.69) is 29.5 Å². The second-order valence-corrected chi connectivity index (χ2v) is 5.57. The highest BCUT2D eigenvalue weighted by atomic mass is 32.1. The zero-order valence-electron chi connectivity index (χ0n) is 9.93. The summed E-state index contributed by atoms with van der Waals surface area (Å²) in [6.45, 7) is 7.26. The molecule has 2 aliphatic rings. The van der Waals surface area contributed by atoms with E-state index in [1.807, 2.05) is 4.90 Å². The summed E-state index contributed by atoms with van der Waals surface area (Å²) in [7, 11) is 2.16. The number of hydrogen-bond donors (Lipinski definition) is 1. The van der Waals surface area contributed by atoms with E-state index in [0.29, 0.717) is 6.42 Å². The topological polar surface area (TPSA) is 26.8 Å². The lowest BCUT2D eigenvalue weighted by Crippen LogP contribution is -2.47. The number of nitrogens with zero attached hydrogens (tertiary/aromatic N) is 3. The standard InChI is InChI=1S/C11H21N3OS/c1-12-2-4-13(5-3-12)6-7-14-9-10(16)8-11(14)15/h10,16H,2-9H2,1H3. The third-order valence-corrected chi connectivity index (χ3v) is 3.82. The molecule has 0 aromatic carbocycles. The number of carbonyl (C=O) groups is 1. The molecule has 0 bridgehead atoms. The van der Waals surface area contributed by atoms with Crippen LogP contribution >= 0.6 is 12.6 Å². The van der Waals surface area contributed by atoms with Crippen molar-refractivity contribution in [1.29, 1.82) is 0 Å². The van der Waals surface area contributed by atoms with Gasteiger partial charge in [-0.3, -0.25) is 9.69 Å². The quantitative estimate of drug-likeness (QED) is 0.694. The lowest BCUT2D eigenvalue weighted by atomic mass is 10.3. The summed E-state index contributed by atoms with van der Waals surface area (Å²) in [5, 5.41) is 0.250. The molecule has 2 fully saturated rings. The zero-order valence-corrected chi connectivity index (χ0v) is 10.8. The van der Waals surface area contributed by atoms with Crippen LogP contribution in [-0.2, 0) is 4.79 Å². The molecule has 0 saturated carbocycles. The number of amides is 1. The molecule has 0 spiro atoms. The predicted molar refractivity (Wildman–Crippen MR) is 67.9 cm³/mol. The highest BCUT2D eigenvalue weighted by Crippen LogP contribution is 2.15. The minimum Gasteiger partial charge on any atom is -0.340 e. The van der Waals surface area contributed by atoms with Gasteiger partial charge in [-0.2, -0.15) is 12.6 Å². The Bertz CT molecular complexity index is 254. The normalized spacial score (nSPS) is 29.0. The molecule has 0 radical (unpaired) electrons. The molecule has 2 aliphatic heterocycles. The first kappa shape index (κ1) is 12.2. The molecule has 2 saturated heterocycles. The minimum absolute atomic E-state index is 0.250. The molecular weight excluding hydrogens is 222 g/mol. The van der Waals surface area contributed by atoms with Gasteiger partial charge in [-0.25, -0.2) is 0 Å². The van der Waals surface area contributed by atoms with Crippen LogP contribution in [-0.4, -0.2) is 78.7 Å². The molecule has 16 heavy (non-hydrogen) atoms. The van der Waals surface area contributed by atoms with Crippen LogP contribution in [0.2, 0.25) is 0 Å². The van der Waals surface area contributed by atoms with E-state index in [0.717, 1.165) is 45.8 Å². The second kappa shape index (κ2) is 5.38. The van der Waals surface area contributed by atoms with Gasteiger partial charge in [0.15, 0.2) is 0 Å². The van der Waals surface area contributed by atoms with Gasteiger partial charge in [0, 0.05) is 57.5 Å². The summed E-state index contributed by atoms with van der Waals surface area (Å²) in [5.41, 5.74) is 0. The Kier molecular flexibility index (Phi) is 4.10. The maximum absolute atomic E-state index is 11.6. The summed E-state index contributed by atoms with van der Waals surface area (Å²) in [6.07, 6.45) is 0.617. The molecule has 2 heterocycles. The Balaban J connectivity index is 1.69. The molecule has 4 nitrogen and oxygen atoms in total. The van der Waals surface area contributed by atoms with Gasteiger partial charge in [0.25, 0.3) is 0 Å². The van der Waals surface area contributed by atoms with E-state index in [1.165, 1.54) is 0 Å². The molecular formula is C11H21N3OS. The van der Waals surface area contributed by atoms with Crippen LogP contribution < -0.4 is 0 Å². The van der Waals surface area contributed by atoms with Crippen molar-refractivity contribution in [2.24, 2.45) is 0 Å². The minimum atomic E-state index is 0.250. The lowest BCUT2D eigenvalue weighted by Gasteiger charge is -2.33. The Hall–Kier alpha value is -0.260. The molecule has 0 aromatic heterocycles. The first-order valence-corrected chi connectivity index (χ1v) is 6.53. The van der Waals surface area contributed by atoms with Crippen molar-refractivity contribution in [3.63, 3.8) is 0 Å². The van der Waals surface area contributed by atoms with E-state index < -0.39 is 0 Å². The molecule has 0 aromatic rings. The van der Waals surface area contributed by atoms with Crippen LogP contribution in [0.25, 0.3) is 0 Å². The second-order valence-electron chi connectivity index (χ2n) is 4.84. The number of carbonyl (C=O) groups excluding carboxylic acids is 1. The van der Waals surface area contributed by atoms with E-state index in [9.17, 15) is 4.79 Å². The molecule has 0 N–H and O–H groups in total. The maximum Gasteiger partial charge on any atom is 0.223 e. The van der Waals surface area contributed by atoms with Crippen LogP contribution in [0.3, 0.4) is 0 Å². The number of likely N-dealkylation sites (N-methyl/N-ethyl adjacent to an activating group) is 1. The number of hydrogen-bond acceptors (Lipinski definition) is 4. The van der Waals surface area contributed by atoms with Crippen molar-refractivity contribution in [3.8, 4) is 0 Å². The Labute approximate surface area is 103 Å². The first-order chi connectivity index (χ1) is 7.65. The van der Waals surface area contributed by atoms with E-state index >= 15 is 0 Å². The Morgan fingerprint density at radius 3 is 2.50 bits per heavy atom. The van der Waals surface area contributed by atoms with Gasteiger partial charge < -0.3 is 9.80 Å². The van der Waals surface area contributed by atoms with E-state index in [1.54, 1.807) is 0 Å². The summed E-state index contributed by atoms with van der Waals surface area (Å²) >= 11 is 4.36. The fraction of sp³-hybridized carbons (Fsp3) is 0.909. The smallest absolute Gasteiger partial charge is 0.223 e. The molecule has 1 amide bonds. The van der Waals surface area contributed by atoms with Crippen molar-refractivity contribution < 1.29 is 4.79 Å². The van der Waals surface area contributed by atoms with Crippen molar-refractivity contribution in [2.45, 2.75) is 11.7 Å². The van der Waals surface area contributed by atoms with E-state index in [4.69, 9.17) is 0 Å². The number of thiol groups is 1. The Morgan fingerprint density at radius 1 is 1.25 bits per heavy atom. The lowest BCUT2D eigenvalue weighted by molar-refractivity contribution is -0.127. The predicted octanol–water partition coefficient (Wildman–Crippen LogP) is -0.235. The van der Waals surface area contributed by atoms with Crippen LogP contribution in [0, 0.1) is 0 Å². The fourth-order valence-electron chi connectivity index (χ4n) is 2.30. The van der Waals surface area contributed by atoms with Crippen LogP contribution in [0.1, 0.15) is 6.42 Å². The van der Waals surface area contributed by atoms with Crippen molar-refractivity contribution in [3.05, 3.63) is 0 Å². The molecule has 1 atom stereocenters. The molecule has 92 valence electrons. The van der Waals surface area contributed by atoms with Gasteiger partial charge in [0.05, 0.1) is 0 Å². The summed E-state index contributed by atoms with van der Waals surface area (Å²) in [4.78, 5) is 18.3. The average Bonchev–Trinajstić information content (AvgIpc) is 2.57. The third kappa shape index (κ3) is 3.12. The SMILES string of the molecule is CN1CCN(CCN2CC(S)CC2=O)CC1. The van der Waals surface area contributed by atoms with Crippen LogP contribution in [0.5, 0.6) is 0 Å². The number of rotatable bonds is 3. The van der Waals surface area contributed by atoms with Crippen molar-refractivity contribution in [2.75, 3.05) is 52.9 Å². The third-order valence-electron chi connectivity index (χ3n) is 3.48. The largest absolute Gasteiger partial charge is 0.340 e. The van der Waals surface area contributed by atoms with Gasteiger partial charge in [-0.1, -0.05) is 0 Å². The highest BCUT2D eigenvalue weighted by Gasteiger charge is 2.27. The van der Waals surface area contributed by atoms with Crippen LogP contribution in [0.15, 0.2) is 0 Å². The molecule has 2 rings (SSSR count). The molecule has 5 heteroatoms. The van der Waals surface area contributed by atoms with Gasteiger partial charge >= 0.3 is 0 Å². The fourth-order valence-corrected chi connectivity index (χ4v) is 2.65. The summed E-state index contributed by atoms with van der Waals surface area (Å²) < 4.78 is 0. The first-order valence-electron chi connectivity index (χ1n) is 6.02. The number of likely N-dealkylation sites (tertiary alicyclic amines) is 1. The van der Waals surface area contributed by atoms with E-state index in [-0.39, 0.29) is 11.2 Å². The highest BCUT2D eigenvalue weighted by molar-refractivity contribution is 7.81. The monoisotopic (exact) mass is 243 g/mol.